The Balaban J connectivity index is 0.00000128. The van der Waals surface area contributed by atoms with Gasteiger partial charge in [0.05, 0.1) is 0 Å². The molecule has 1 aromatic rings. The molecule has 0 fully saturated rings. The van der Waals surface area contributed by atoms with Crippen LogP contribution in [0.5, 0.6) is 11.5 Å². The van der Waals surface area contributed by atoms with E-state index in [0.29, 0.717) is 6.04 Å². The van der Waals surface area contributed by atoms with Crippen molar-refractivity contribution in [3.05, 3.63) is 23.3 Å². The second-order valence-corrected chi connectivity index (χ2v) is 4.10. The van der Waals surface area contributed by atoms with Gasteiger partial charge in [0.25, 0.3) is 0 Å². The number of likely N-dealkylation sites (N-methyl/N-ethyl adjacent to an activating group) is 1. The molecule has 1 aromatic carbocycles. The van der Waals surface area contributed by atoms with Crippen LogP contribution in [-0.2, 0) is 12.8 Å². The van der Waals surface area contributed by atoms with Crippen LogP contribution in [0.1, 0.15) is 24.5 Å². The molecule has 0 spiro atoms. The van der Waals surface area contributed by atoms with Crippen LogP contribution in [0.15, 0.2) is 12.1 Å². The molecule has 0 aliphatic heterocycles. The topological polar surface area (TPSA) is 52.5 Å². The average Bonchev–Trinajstić information content (AvgIpc) is 2.17. The van der Waals surface area contributed by atoms with Crippen molar-refractivity contribution in [2.45, 2.75) is 32.2 Å². The highest BCUT2D eigenvalue weighted by atomic mass is 79.9. The highest BCUT2D eigenvalue weighted by molar-refractivity contribution is 8.93. The van der Waals surface area contributed by atoms with Gasteiger partial charge in [-0.05, 0) is 43.0 Å². The third kappa shape index (κ3) is 2.68. The van der Waals surface area contributed by atoms with Crippen molar-refractivity contribution in [2.75, 3.05) is 6.54 Å². The third-order valence-corrected chi connectivity index (χ3v) is 3.01. The Hall–Kier alpha value is -0.740. The smallest absolute Gasteiger partial charge is 0.122 e. The van der Waals surface area contributed by atoms with Gasteiger partial charge < -0.3 is 15.5 Å². The normalized spacial score (nSPS) is 18.7. The lowest BCUT2D eigenvalue weighted by molar-refractivity contribution is 0.423. The quantitative estimate of drug-likeness (QED) is 0.781. The van der Waals surface area contributed by atoms with Crippen LogP contribution in [0, 0.1) is 0 Å². The number of hydrogen-bond donors (Lipinski definition) is 3. The van der Waals surface area contributed by atoms with E-state index in [1.54, 1.807) is 6.07 Å². The number of aromatic hydroxyl groups is 2. The molecule has 0 radical (unpaired) electrons. The molecule has 0 heterocycles. The van der Waals surface area contributed by atoms with Gasteiger partial charge >= 0.3 is 0 Å². The van der Waals surface area contributed by atoms with Gasteiger partial charge in [-0.15, -0.1) is 17.0 Å². The van der Waals surface area contributed by atoms with E-state index in [0.717, 1.165) is 36.9 Å². The fraction of sp³-hybridized carbons (Fsp3) is 0.500. The minimum absolute atomic E-state index is 0. The van der Waals surface area contributed by atoms with E-state index >= 15 is 0 Å². The van der Waals surface area contributed by atoms with Crippen molar-refractivity contribution >= 4 is 17.0 Å². The molecule has 0 saturated carbocycles. The predicted molar refractivity (Wildman–Crippen MR) is 69.6 cm³/mol. The zero-order chi connectivity index (χ0) is 10.8. The standard InChI is InChI=1S/C12H17NO2.BrH/c1-2-13-9-3-4-11-8(5-9)6-10(14)7-12(11)15;/h6-7,9,13-15H,2-5H2,1H3;1H. The van der Waals surface area contributed by atoms with Crippen molar-refractivity contribution in [2.24, 2.45) is 0 Å². The Bertz CT molecular complexity index is 368. The van der Waals surface area contributed by atoms with Crippen LogP contribution in [0.4, 0.5) is 0 Å². The lowest BCUT2D eigenvalue weighted by atomic mass is 9.87. The minimum Gasteiger partial charge on any atom is -0.508 e. The second-order valence-electron chi connectivity index (χ2n) is 4.10. The Morgan fingerprint density at radius 2 is 2.12 bits per heavy atom. The number of fused-ring (bicyclic) bond motifs is 1. The maximum absolute atomic E-state index is 9.67. The van der Waals surface area contributed by atoms with E-state index in [9.17, 15) is 10.2 Å². The number of halogens is 1. The van der Waals surface area contributed by atoms with Crippen LogP contribution < -0.4 is 5.32 Å². The van der Waals surface area contributed by atoms with Crippen molar-refractivity contribution in [1.82, 2.24) is 5.32 Å². The maximum Gasteiger partial charge on any atom is 0.122 e. The second kappa shape index (κ2) is 5.55. The summed E-state index contributed by atoms with van der Waals surface area (Å²) in [6, 6.07) is 3.66. The van der Waals surface area contributed by atoms with Gasteiger partial charge in [-0.1, -0.05) is 6.92 Å². The first-order valence-electron chi connectivity index (χ1n) is 5.47. The van der Waals surface area contributed by atoms with E-state index in [-0.39, 0.29) is 28.5 Å². The molecule has 3 N–H and O–H groups in total. The summed E-state index contributed by atoms with van der Waals surface area (Å²) in [5.41, 5.74) is 2.08. The highest BCUT2D eigenvalue weighted by Crippen LogP contribution is 2.32. The molecule has 1 atom stereocenters. The molecule has 3 nitrogen and oxygen atoms in total. The number of hydrogen-bond acceptors (Lipinski definition) is 3. The van der Waals surface area contributed by atoms with Crippen molar-refractivity contribution < 1.29 is 10.2 Å². The summed E-state index contributed by atoms with van der Waals surface area (Å²) in [4.78, 5) is 0. The van der Waals surface area contributed by atoms with Crippen LogP contribution in [0.2, 0.25) is 0 Å². The molecule has 2 rings (SSSR count). The van der Waals surface area contributed by atoms with E-state index in [4.69, 9.17) is 0 Å². The summed E-state index contributed by atoms with van der Waals surface area (Å²) in [5.74, 6) is 0.392. The fourth-order valence-electron chi connectivity index (χ4n) is 2.32. The van der Waals surface area contributed by atoms with Gasteiger partial charge in [0.2, 0.25) is 0 Å². The number of benzene rings is 1. The number of phenolic OH excluding ortho intramolecular Hbond substituents is 2. The minimum atomic E-state index is 0. The largest absolute Gasteiger partial charge is 0.508 e. The van der Waals surface area contributed by atoms with E-state index in [1.165, 1.54) is 6.07 Å². The van der Waals surface area contributed by atoms with Gasteiger partial charge in [0, 0.05) is 12.1 Å². The van der Waals surface area contributed by atoms with Crippen LogP contribution in [-0.4, -0.2) is 22.8 Å². The van der Waals surface area contributed by atoms with Crippen molar-refractivity contribution in [3.63, 3.8) is 0 Å². The van der Waals surface area contributed by atoms with Crippen LogP contribution in [0.25, 0.3) is 0 Å². The molecule has 90 valence electrons. The summed E-state index contributed by atoms with van der Waals surface area (Å²) in [6.07, 6.45) is 2.84. The lowest BCUT2D eigenvalue weighted by Crippen LogP contribution is -2.34. The Labute approximate surface area is 106 Å². The molecular formula is C12H18BrNO2. The number of nitrogens with one attached hydrogen (secondary N) is 1. The molecule has 4 heteroatoms. The van der Waals surface area contributed by atoms with E-state index < -0.39 is 0 Å². The summed E-state index contributed by atoms with van der Waals surface area (Å²) >= 11 is 0. The molecule has 1 aliphatic rings. The molecule has 0 aromatic heterocycles. The first kappa shape index (κ1) is 13.3. The van der Waals surface area contributed by atoms with Gasteiger partial charge in [-0.25, -0.2) is 0 Å². The summed E-state index contributed by atoms with van der Waals surface area (Å²) in [5, 5.41) is 22.5. The first-order chi connectivity index (χ1) is 7.20. The van der Waals surface area contributed by atoms with Crippen molar-refractivity contribution in [3.8, 4) is 11.5 Å². The van der Waals surface area contributed by atoms with Gasteiger partial charge in [0.15, 0.2) is 0 Å². The Morgan fingerprint density at radius 3 is 2.81 bits per heavy atom. The predicted octanol–water partition coefficient (Wildman–Crippen LogP) is 2.14. The fourth-order valence-corrected chi connectivity index (χ4v) is 2.32. The molecule has 1 unspecified atom stereocenters. The van der Waals surface area contributed by atoms with Crippen LogP contribution in [0.3, 0.4) is 0 Å². The SMILES string of the molecule is Br.CCNC1CCc2c(O)cc(O)cc2C1. The molecule has 16 heavy (non-hydrogen) atoms. The molecule has 1 aliphatic carbocycles. The monoisotopic (exact) mass is 287 g/mol. The van der Waals surface area contributed by atoms with Crippen molar-refractivity contribution in [1.29, 1.82) is 0 Å². The van der Waals surface area contributed by atoms with E-state index in [1.807, 2.05) is 0 Å². The van der Waals surface area contributed by atoms with E-state index in [2.05, 4.69) is 12.2 Å². The summed E-state index contributed by atoms with van der Waals surface area (Å²) in [7, 11) is 0. The molecule has 0 amide bonds. The molecule has 0 bridgehead atoms. The molecular weight excluding hydrogens is 270 g/mol. The average molecular weight is 288 g/mol. The number of rotatable bonds is 2. The van der Waals surface area contributed by atoms with Gasteiger partial charge in [0.1, 0.15) is 11.5 Å². The number of phenols is 2. The Kier molecular flexibility index (Phi) is 4.62. The molecule has 0 saturated heterocycles. The summed E-state index contributed by atoms with van der Waals surface area (Å²) in [6.45, 7) is 3.06. The summed E-state index contributed by atoms with van der Waals surface area (Å²) < 4.78 is 0. The van der Waals surface area contributed by atoms with Gasteiger partial charge in [-0.2, -0.15) is 0 Å². The van der Waals surface area contributed by atoms with Gasteiger partial charge in [-0.3, -0.25) is 0 Å². The zero-order valence-corrected chi connectivity index (χ0v) is 11.1. The highest BCUT2D eigenvalue weighted by Gasteiger charge is 2.20. The first-order valence-corrected chi connectivity index (χ1v) is 5.47. The lowest BCUT2D eigenvalue weighted by Gasteiger charge is -2.25. The third-order valence-electron chi connectivity index (χ3n) is 3.01. The Morgan fingerprint density at radius 1 is 1.38 bits per heavy atom. The van der Waals surface area contributed by atoms with Crippen LogP contribution >= 0.6 is 17.0 Å². The maximum atomic E-state index is 9.67. The zero-order valence-electron chi connectivity index (χ0n) is 9.36.